The third-order valence-electron chi connectivity index (χ3n) is 4.20. The van der Waals surface area contributed by atoms with Crippen molar-refractivity contribution >= 4 is 11.9 Å². The molecule has 3 rings (SSSR count). The summed E-state index contributed by atoms with van der Waals surface area (Å²) < 4.78 is 4.88. The quantitative estimate of drug-likeness (QED) is 0.564. The van der Waals surface area contributed by atoms with Crippen LogP contribution in [0.3, 0.4) is 0 Å². The van der Waals surface area contributed by atoms with Crippen LogP contribution in [0.1, 0.15) is 25.5 Å². The van der Waals surface area contributed by atoms with E-state index in [1.54, 1.807) is 6.26 Å². The highest BCUT2D eigenvalue weighted by atomic mass is 16.5. The number of aromatic nitrogens is 1. The molecule has 1 saturated carbocycles. The van der Waals surface area contributed by atoms with Gasteiger partial charge in [0, 0.05) is 51.4 Å². The molecule has 132 valence electrons. The van der Waals surface area contributed by atoms with E-state index in [9.17, 15) is 4.79 Å². The van der Waals surface area contributed by atoms with Crippen molar-refractivity contribution < 1.29 is 9.32 Å². The Labute approximate surface area is 142 Å². The molecule has 1 aliphatic carbocycles. The van der Waals surface area contributed by atoms with Crippen LogP contribution in [0.15, 0.2) is 21.8 Å². The number of aliphatic imine (C=N–C) groups is 1. The molecule has 0 aromatic carbocycles. The van der Waals surface area contributed by atoms with E-state index in [0.717, 1.165) is 63.8 Å². The summed E-state index contributed by atoms with van der Waals surface area (Å²) in [6, 6.07) is 2.28. The van der Waals surface area contributed by atoms with Gasteiger partial charge in [-0.05, 0) is 19.8 Å². The number of carbonyl (C=O) groups is 1. The van der Waals surface area contributed by atoms with Crippen LogP contribution in [-0.2, 0) is 11.3 Å². The van der Waals surface area contributed by atoms with E-state index in [1.807, 2.05) is 13.0 Å². The highest BCUT2D eigenvalue weighted by molar-refractivity contribution is 5.85. The van der Waals surface area contributed by atoms with Gasteiger partial charge in [0.05, 0.1) is 5.69 Å². The summed E-state index contributed by atoms with van der Waals surface area (Å²) in [6.07, 6.45) is 3.81. The minimum Gasteiger partial charge on any atom is -0.364 e. The Morgan fingerprint density at radius 3 is 2.79 bits per heavy atom. The summed E-state index contributed by atoms with van der Waals surface area (Å²) in [6.45, 7) is 7.47. The zero-order chi connectivity index (χ0) is 16.8. The van der Waals surface area contributed by atoms with E-state index in [4.69, 9.17) is 4.52 Å². The number of guanidine groups is 1. The zero-order valence-corrected chi connectivity index (χ0v) is 14.2. The summed E-state index contributed by atoms with van der Waals surface area (Å²) >= 11 is 0. The second-order valence-corrected chi connectivity index (χ2v) is 6.27. The van der Waals surface area contributed by atoms with Gasteiger partial charge in [-0.2, -0.15) is 0 Å². The molecule has 8 heteroatoms. The van der Waals surface area contributed by atoms with Crippen molar-refractivity contribution in [3.8, 4) is 0 Å². The van der Waals surface area contributed by atoms with Gasteiger partial charge in [-0.25, -0.2) is 4.99 Å². The molecule has 1 aromatic rings. The van der Waals surface area contributed by atoms with E-state index in [-0.39, 0.29) is 12.5 Å². The summed E-state index contributed by atoms with van der Waals surface area (Å²) in [4.78, 5) is 20.9. The van der Waals surface area contributed by atoms with Crippen LogP contribution in [0.4, 0.5) is 0 Å². The van der Waals surface area contributed by atoms with Crippen LogP contribution in [0.5, 0.6) is 0 Å². The lowest BCUT2D eigenvalue weighted by atomic mass is 10.3. The molecule has 0 bridgehead atoms. The van der Waals surface area contributed by atoms with Gasteiger partial charge in [0.2, 0.25) is 5.91 Å². The molecule has 2 aliphatic rings. The molecule has 1 aromatic heterocycles. The molecule has 1 amide bonds. The molecule has 0 atom stereocenters. The van der Waals surface area contributed by atoms with Crippen molar-refractivity contribution in [2.24, 2.45) is 4.99 Å². The lowest BCUT2D eigenvalue weighted by molar-refractivity contribution is -0.119. The lowest BCUT2D eigenvalue weighted by Crippen LogP contribution is -2.52. The average Bonchev–Trinajstić information content (AvgIpc) is 3.25. The SMILES string of the molecule is CCNC(=NCC(=O)NC1CC1)N1CCN(Cc2ccon2)CC1. The van der Waals surface area contributed by atoms with E-state index in [1.165, 1.54) is 0 Å². The van der Waals surface area contributed by atoms with Crippen LogP contribution in [-0.4, -0.2) is 72.1 Å². The van der Waals surface area contributed by atoms with Gasteiger partial charge in [0.15, 0.2) is 5.96 Å². The fraction of sp³-hybridized carbons (Fsp3) is 0.688. The first-order valence-electron chi connectivity index (χ1n) is 8.69. The van der Waals surface area contributed by atoms with Crippen molar-refractivity contribution in [1.82, 2.24) is 25.6 Å². The van der Waals surface area contributed by atoms with Gasteiger partial charge in [-0.1, -0.05) is 5.16 Å². The maximum absolute atomic E-state index is 11.8. The highest BCUT2D eigenvalue weighted by Gasteiger charge is 2.24. The Morgan fingerprint density at radius 2 is 2.17 bits per heavy atom. The van der Waals surface area contributed by atoms with Gasteiger partial charge in [-0.15, -0.1) is 0 Å². The largest absolute Gasteiger partial charge is 0.364 e. The maximum atomic E-state index is 11.8. The molecule has 0 unspecified atom stereocenters. The predicted octanol–water partition coefficient (Wildman–Crippen LogP) is 0.0363. The highest BCUT2D eigenvalue weighted by Crippen LogP contribution is 2.18. The van der Waals surface area contributed by atoms with E-state index in [2.05, 4.69) is 30.6 Å². The number of nitrogens with one attached hydrogen (secondary N) is 2. The normalized spacial score (nSPS) is 19.4. The Bertz CT molecular complexity index is 547. The predicted molar refractivity (Wildman–Crippen MR) is 90.5 cm³/mol. The van der Waals surface area contributed by atoms with Gasteiger partial charge in [-0.3, -0.25) is 9.69 Å². The van der Waals surface area contributed by atoms with Gasteiger partial charge in [0.1, 0.15) is 12.8 Å². The van der Waals surface area contributed by atoms with E-state index in [0.29, 0.717) is 6.04 Å². The summed E-state index contributed by atoms with van der Waals surface area (Å²) in [5, 5.41) is 10.2. The van der Waals surface area contributed by atoms with Crippen LogP contribution in [0.2, 0.25) is 0 Å². The van der Waals surface area contributed by atoms with Crippen molar-refractivity contribution in [2.45, 2.75) is 32.4 Å². The molecule has 2 fully saturated rings. The van der Waals surface area contributed by atoms with Crippen LogP contribution in [0, 0.1) is 0 Å². The smallest absolute Gasteiger partial charge is 0.242 e. The van der Waals surface area contributed by atoms with Crippen molar-refractivity contribution in [3.63, 3.8) is 0 Å². The monoisotopic (exact) mass is 334 g/mol. The van der Waals surface area contributed by atoms with Crippen LogP contribution < -0.4 is 10.6 Å². The second-order valence-electron chi connectivity index (χ2n) is 6.27. The van der Waals surface area contributed by atoms with Gasteiger partial charge >= 0.3 is 0 Å². The van der Waals surface area contributed by atoms with Crippen LogP contribution >= 0.6 is 0 Å². The molecule has 1 aliphatic heterocycles. The molecule has 2 heterocycles. The lowest BCUT2D eigenvalue weighted by Gasteiger charge is -2.36. The van der Waals surface area contributed by atoms with Gasteiger partial charge < -0.3 is 20.1 Å². The number of carbonyl (C=O) groups excluding carboxylic acids is 1. The number of rotatable bonds is 6. The molecule has 1 saturated heterocycles. The third-order valence-corrected chi connectivity index (χ3v) is 4.20. The summed E-state index contributed by atoms with van der Waals surface area (Å²) in [7, 11) is 0. The van der Waals surface area contributed by atoms with Crippen molar-refractivity contribution in [3.05, 3.63) is 18.0 Å². The second kappa shape index (κ2) is 8.14. The number of nitrogens with zero attached hydrogens (tertiary/aromatic N) is 4. The zero-order valence-electron chi connectivity index (χ0n) is 14.2. The number of hydrogen-bond acceptors (Lipinski definition) is 5. The molecular weight excluding hydrogens is 308 g/mol. The first-order valence-corrected chi connectivity index (χ1v) is 8.69. The minimum atomic E-state index is 0.0116. The molecule has 0 radical (unpaired) electrons. The molecule has 8 nitrogen and oxygen atoms in total. The van der Waals surface area contributed by atoms with Crippen molar-refractivity contribution in [2.75, 3.05) is 39.3 Å². The Kier molecular flexibility index (Phi) is 5.68. The summed E-state index contributed by atoms with van der Waals surface area (Å²) in [5.41, 5.74) is 0.959. The molecule has 2 N–H and O–H groups in total. The standard InChI is InChI=1S/C16H26N6O2/c1-2-17-16(18-11-15(23)19-13-3-4-13)22-8-6-21(7-9-22)12-14-5-10-24-20-14/h5,10,13H,2-4,6-9,11-12H2,1H3,(H,17,18)(H,19,23). The molecule has 0 spiro atoms. The first kappa shape index (κ1) is 16.8. The third kappa shape index (κ3) is 4.95. The first-order chi connectivity index (χ1) is 11.7. The number of piperazine rings is 1. The molecular formula is C16H26N6O2. The minimum absolute atomic E-state index is 0.0116. The fourth-order valence-electron chi connectivity index (χ4n) is 2.74. The van der Waals surface area contributed by atoms with Crippen molar-refractivity contribution in [1.29, 1.82) is 0 Å². The van der Waals surface area contributed by atoms with E-state index >= 15 is 0 Å². The van der Waals surface area contributed by atoms with Crippen LogP contribution in [0.25, 0.3) is 0 Å². The summed E-state index contributed by atoms with van der Waals surface area (Å²) in [5.74, 6) is 0.835. The Hall–Kier alpha value is -2.09. The van der Waals surface area contributed by atoms with E-state index < -0.39 is 0 Å². The molecule has 24 heavy (non-hydrogen) atoms. The maximum Gasteiger partial charge on any atom is 0.242 e. The topological polar surface area (TPSA) is 86.0 Å². The Morgan fingerprint density at radius 1 is 1.38 bits per heavy atom. The number of amides is 1. The average molecular weight is 334 g/mol. The fourth-order valence-corrected chi connectivity index (χ4v) is 2.74. The number of hydrogen-bond donors (Lipinski definition) is 2. The van der Waals surface area contributed by atoms with Gasteiger partial charge in [0.25, 0.3) is 0 Å². The Balaban J connectivity index is 1.47.